The third-order valence-corrected chi connectivity index (χ3v) is 2.04. The van der Waals surface area contributed by atoms with Gasteiger partial charge in [-0.2, -0.15) is 0 Å². The second kappa shape index (κ2) is 7.99. The molecule has 1 radical (unpaired) electrons. The van der Waals surface area contributed by atoms with Crippen molar-refractivity contribution in [2.24, 2.45) is 0 Å². The molecule has 0 N–H and O–H groups in total. The Morgan fingerprint density at radius 1 is 1.00 bits per heavy atom. The van der Waals surface area contributed by atoms with E-state index in [4.69, 9.17) is 0 Å². The van der Waals surface area contributed by atoms with Crippen molar-refractivity contribution in [3.63, 3.8) is 0 Å². The van der Waals surface area contributed by atoms with Crippen LogP contribution in [0.4, 0.5) is 0 Å². The molecule has 1 rings (SSSR count). The fraction of sp³-hybridized carbons (Fsp3) is 0.250. The zero-order valence-electron chi connectivity index (χ0n) is 8.90. The summed E-state index contributed by atoms with van der Waals surface area (Å²) in [6.07, 6.45) is 0.0881. The molecule has 4 heteroatoms. The van der Waals surface area contributed by atoms with Crippen LogP contribution in [-0.4, -0.2) is 17.3 Å². The fourth-order valence-corrected chi connectivity index (χ4v) is 1.18. The number of carbonyl (C=O) groups is 3. The fourth-order valence-electron chi connectivity index (χ4n) is 1.18. The Morgan fingerprint density at radius 2 is 1.56 bits per heavy atom. The molecule has 0 unspecified atom stereocenters. The van der Waals surface area contributed by atoms with E-state index in [1.165, 1.54) is 0 Å². The molecular weight excluding hydrogens is 344 g/mol. The Balaban J connectivity index is 0.00000225. The zero-order chi connectivity index (χ0) is 11.3. The first kappa shape index (κ1) is 15.8. The van der Waals surface area contributed by atoms with E-state index < -0.39 is 17.3 Å². The number of hydrogen-bond donors (Lipinski definition) is 0. The third-order valence-electron chi connectivity index (χ3n) is 2.04. The zero-order valence-corrected chi connectivity index (χ0v) is 11.3. The molecule has 0 amide bonds. The monoisotopic (exact) mass is 357 g/mol. The predicted octanol–water partition coefficient (Wildman–Crippen LogP) is 1.35. The van der Waals surface area contributed by atoms with E-state index in [2.05, 4.69) is 0 Å². The minimum atomic E-state index is -0.888. The van der Waals surface area contributed by atoms with Crippen LogP contribution in [0.2, 0.25) is 0 Å². The van der Waals surface area contributed by atoms with Crippen molar-refractivity contribution < 1.29 is 63.8 Å². The van der Waals surface area contributed by atoms with Gasteiger partial charge in [-0.1, -0.05) is 37.3 Å². The summed E-state index contributed by atoms with van der Waals surface area (Å²) in [6, 6.07) is 8.90. The molecule has 0 saturated carbocycles. The van der Waals surface area contributed by atoms with Crippen molar-refractivity contribution in [3.05, 3.63) is 35.9 Å². The first-order valence-corrected chi connectivity index (χ1v) is 4.79. The van der Waals surface area contributed by atoms with Crippen LogP contribution < -0.4 is 0 Å². The summed E-state index contributed by atoms with van der Waals surface area (Å²) in [4.78, 5) is 33.5. The van der Waals surface area contributed by atoms with E-state index >= 15 is 0 Å². The van der Waals surface area contributed by atoms with Crippen molar-refractivity contribution in [2.75, 3.05) is 0 Å². The number of rotatable bonds is 5. The third kappa shape index (κ3) is 4.77. The smallest absolute Gasteiger partial charge is 0.264 e. The number of carbonyl (C=O) groups excluding carboxylic acids is 3. The summed E-state index contributed by atoms with van der Waals surface area (Å²) >= 11 is 0. The van der Waals surface area contributed by atoms with Crippen LogP contribution in [0.15, 0.2) is 30.3 Å². The maximum absolute atomic E-state index is 11.3. The summed E-state index contributed by atoms with van der Waals surface area (Å²) in [5.74, 6) is -2.13. The Hall–Kier alpha value is -0.186. The summed E-state index contributed by atoms with van der Waals surface area (Å²) < 4.78 is 0. The molecule has 0 aliphatic rings. The minimum absolute atomic E-state index is 0. The van der Waals surface area contributed by atoms with Crippen LogP contribution in [0.1, 0.15) is 18.9 Å². The molecule has 0 heterocycles. The molecule has 0 spiro atoms. The van der Waals surface area contributed by atoms with E-state index in [-0.39, 0.29) is 62.2 Å². The Kier molecular flexibility index (Phi) is 7.89. The average molecular weight is 356 g/mol. The number of ketones is 3. The number of benzene rings is 1. The van der Waals surface area contributed by atoms with Crippen molar-refractivity contribution in [3.8, 4) is 0 Å². The first-order valence-electron chi connectivity index (χ1n) is 4.79. The van der Waals surface area contributed by atoms with Crippen LogP contribution >= 0.6 is 0 Å². The molecule has 0 atom stereocenters. The van der Waals surface area contributed by atoms with Gasteiger partial charge in [-0.15, -0.1) is 0 Å². The largest absolute Gasteiger partial charge is 0.290 e. The minimum Gasteiger partial charge on any atom is -0.290 e. The van der Waals surface area contributed by atoms with E-state index in [9.17, 15) is 14.4 Å². The summed E-state index contributed by atoms with van der Waals surface area (Å²) in [6.45, 7) is 1.57. The Bertz CT molecular complexity index is 385. The SMILES string of the molecule is CCC(=O)C(=O)C(=O)Cc1ccccc1.[Eu]. The van der Waals surface area contributed by atoms with Crippen molar-refractivity contribution in [1.29, 1.82) is 0 Å². The van der Waals surface area contributed by atoms with Gasteiger partial charge in [0.05, 0.1) is 0 Å². The first-order chi connectivity index (χ1) is 7.15. The van der Waals surface area contributed by atoms with Crippen molar-refractivity contribution in [2.45, 2.75) is 19.8 Å². The molecule has 0 fully saturated rings. The molecule has 0 bridgehead atoms. The number of Topliss-reactive ketones (excluding diaryl/α,β-unsaturated/α-hetero) is 3. The summed E-state index contributed by atoms with van der Waals surface area (Å²) in [7, 11) is 0. The van der Waals surface area contributed by atoms with Gasteiger partial charge in [-0.25, -0.2) is 0 Å². The topological polar surface area (TPSA) is 51.2 Å². The molecule has 0 aliphatic heterocycles. The predicted molar refractivity (Wildman–Crippen MR) is 55.5 cm³/mol. The maximum Gasteiger partial charge on any atom is 0.264 e. The van der Waals surface area contributed by atoms with Gasteiger partial charge in [0, 0.05) is 62.2 Å². The van der Waals surface area contributed by atoms with Crippen LogP contribution in [0.5, 0.6) is 0 Å². The van der Waals surface area contributed by atoms with E-state index in [1.807, 2.05) is 6.07 Å². The van der Waals surface area contributed by atoms with Gasteiger partial charge in [0.1, 0.15) is 0 Å². The molecule has 1 aromatic carbocycles. The van der Waals surface area contributed by atoms with Gasteiger partial charge in [0.15, 0.2) is 0 Å². The van der Waals surface area contributed by atoms with Crippen LogP contribution in [0.3, 0.4) is 0 Å². The van der Waals surface area contributed by atoms with Gasteiger partial charge in [-0.3, -0.25) is 14.4 Å². The van der Waals surface area contributed by atoms with E-state index in [0.717, 1.165) is 5.56 Å². The molecule has 85 valence electrons. The second-order valence-electron chi connectivity index (χ2n) is 3.19. The van der Waals surface area contributed by atoms with Gasteiger partial charge in [0.2, 0.25) is 11.6 Å². The van der Waals surface area contributed by atoms with Crippen LogP contribution in [0, 0.1) is 49.4 Å². The summed E-state index contributed by atoms with van der Waals surface area (Å²) in [5, 5.41) is 0. The molecule has 1 aromatic rings. The van der Waals surface area contributed by atoms with Gasteiger partial charge < -0.3 is 0 Å². The standard InChI is InChI=1S/C12H12O3.Eu/c1-2-10(13)12(15)11(14)8-9-6-4-3-5-7-9;/h3-7H,2,8H2,1H3;. The Morgan fingerprint density at radius 3 is 2.06 bits per heavy atom. The Labute approximate surface area is 135 Å². The summed E-state index contributed by atoms with van der Waals surface area (Å²) in [5.41, 5.74) is 0.750. The second-order valence-corrected chi connectivity index (χ2v) is 3.19. The van der Waals surface area contributed by atoms with Crippen LogP contribution in [-0.2, 0) is 20.8 Å². The van der Waals surface area contributed by atoms with Crippen LogP contribution in [0.25, 0.3) is 0 Å². The molecular formula is C12H12EuO3. The van der Waals surface area contributed by atoms with E-state index in [0.29, 0.717) is 0 Å². The molecule has 0 saturated heterocycles. The average Bonchev–Trinajstić information content (AvgIpc) is 2.28. The van der Waals surface area contributed by atoms with Gasteiger partial charge in [-0.05, 0) is 5.56 Å². The van der Waals surface area contributed by atoms with Gasteiger partial charge >= 0.3 is 0 Å². The molecule has 0 aliphatic carbocycles. The quantitative estimate of drug-likeness (QED) is 0.591. The normalized spacial score (nSPS) is 9.06. The molecule has 16 heavy (non-hydrogen) atoms. The molecule has 3 nitrogen and oxygen atoms in total. The number of hydrogen-bond acceptors (Lipinski definition) is 3. The molecule has 0 aromatic heterocycles. The van der Waals surface area contributed by atoms with Gasteiger partial charge in [0.25, 0.3) is 5.78 Å². The van der Waals surface area contributed by atoms with E-state index in [1.54, 1.807) is 31.2 Å². The van der Waals surface area contributed by atoms with Crippen molar-refractivity contribution in [1.82, 2.24) is 0 Å². The maximum atomic E-state index is 11.3. The van der Waals surface area contributed by atoms with Crippen molar-refractivity contribution >= 4 is 17.3 Å².